The van der Waals surface area contributed by atoms with Crippen LogP contribution < -0.4 is 9.47 Å². The average molecular weight is 328 g/mol. The first-order chi connectivity index (χ1) is 11.1. The predicted octanol–water partition coefficient (Wildman–Crippen LogP) is 3.47. The van der Waals surface area contributed by atoms with E-state index in [2.05, 4.69) is 30.0 Å². The first kappa shape index (κ1) is 15.3. The number of hydrogen-bond acceptors (Lipinski definition) is 6. The Hall–Kier alpha value is -2.59. The molecule has 1 aromatic carbocycles. The lowest BCUT2D eigenvalue weighted by Crippen LogP contribution is -1.95. The lowest BCUT2D eigenvalue weighted by molar-refractivity contribution is 0.395. The summed E-state index contributed by atoms with van der Waals surface area (Å²) in [7, 11) is 3.18. The fourth-order valence-electron chi connectivity index (χ4n) is 2.28. The Bertz CT molecular complexity index is 905. The van der Waals surface area contributed by atoms with Crippen molar-refractivity contribution in [3.8, 4) is 28.8 Å². The number of nitrogens with zero attached hydrogens (tertiary/aromatic N) is 4. The van der Waals surface area contributed by atoms with Crippen molar-refractivity contribution in [2.45, 2.75) is 19.8 Å². The molecule has 118 valence electrons. The number of hydrogen-bond donors (Lipinski definition) is 0. The topological polar surface area (TPSA) is 72.4 Å². The van der Waals surface area contributed by atoms with Gasteiger partial charge in [-0.25, -0.2) is 4.98 Å². The highest BCUT2D eigenvalue weighted by Crippen LogP contribution is 2.36. The fraction of sp³-hybridized carbons (Fsp3) is 0.312. The summed E-state index contributed by atoms with van der Waals surface area (Å²) < 4.78 is 12.2. The molecule has 3 aromatic rings. The minimum atomic E-state index is 0.298. The largest absolute Gasteiger partial charge is 0.497 e. The molecule has 2 aromatic heterocycles. The molecule has 0 radical (unpaired) electrons. The number of nitriles is 1. The molecule has 6 nitrogen and oxygen atoms in total. The number of fused-ring (bicyclic) bond motifs is 1. The van der Waals surface area contributed by atoms with Crippen LogP contribution in [0.25, 0.3) is 16.2 Å². The summed E-state index contributed by atoms with van der Waals surface area (Å²) in [6.07, 6.45) is 0. The van der Waals surface area contributed by atoms with Crippen LogP contribution in [-0.2, 0) is 0 Å². The summed E-state index contributed by atoms with van der Waals surface area (Å²) in [6.45, 7) is 4.13. The highest BCUT2D eigenvalue weighted by atomic mass is 32.1. The highest BCUT2D eigenvalue weighted by molar-refractivity contribution is 7.16. The summed E-state index contributed by atoms with van der Waals surface area (Å²) in [5, 5.41) is 15.0. The van der Waals surface area contributed by atoms with Crippen LogP contribution >= 0.6 is 11.3 Å². The second-order valence-corrected chi connectivity index (χ2v) is 6.26. The van der Waals surface area contributed by atoms with E-state index in [0.29, 0.717) is 33.8 Å². The van der Waals surface area contributed by atoms with Crippen LogP contribution in [0.5, 0.6) is 11.5 Å². The molecule has 0 aliphatic heterocycles. The Morgan fingerprint density at radius 1 is 1.26 bits per heavy atom. The zero-order valence-electron chi connectivity index (χ0n) is 13.3. The van der Waals surface area contributed by atoms with Crippen LogP contribution in [0, 0.1) is 11.3 Å². The molecule has 0 amide bonds. The van der Waals surface area contributed by atoms with Gasteiger partial charge < -0.3 is 9.47 Å². The van der Waals surface area contributed by atoms with E-state index in [-0.39, 0.29) is 0 Å². The van der Waals surface area contributed by atoms with Gasteiger partial charge in [-0.15, -0.1) is 0 Å². The lowest BCUT2D eigenvalue weighted by atomic mass is 10.1. The Kier molecular flexibility index (Phi) is 3.92. The second-order valence-electron chi connectivity index (χ2n) is 5.28. The van der Waals surface area contributed by atoms with Gasteiger partial charge in [0.05, 0.1) is 14.2 Å². The molecule has 2 heterocycles. The SMILES string of the molecule is COc1ccc(-c2nc3sc(C(C)C)nn3c2C#N)c(OC)c1. The molecule has 0 aliphatic carbocycles. The van der Waals surface area contributed by atoms with Gasteiger partial charge in [0.25, 0.3) is 0 Å². The van der Waals surface area contributed by atoms with Crippen molar-refractivity contribution in [3.63, 3.8) is 0 Å². The van der Waals surface area contributed by atoms with E-state index in [0.717, 1.165) is 10.6 Å². The molecule has 0 saturated heterocycles. The van der Waals surface area contributed by atoms with E-state index < -0.39 is 0 Å². The maximum atomic E-state index is 9.57. The summed E-state index contributed by atoms with van der Waals surface area (Å²) in [6, 6.07) is 7.64. The van der Waals surface area contributed by atoms with Gasteiger partial charge in [-0.05, 0) is 12.1 Å². The minimum Gasteiger partial charge on any atom is -0.497 e. The standard InChI is InChI=1S/C16H16N4O2S/c1-9(2)15-19-20-12(8-17)14(18-16(20)23-15)11-6-5-10(21-3)7-13(11)22-4/h5-7,9H,1-4H3. The van der Waals surface area contributed by atoms with Crippen molar-refractivity contribution in [1.82, 2.24) is 14.6 Å². The number of benzene rings is 1. The quantitative estimate of drug-likeness (QED) is 0.733. The minimum absolute atomic E-state index is 0.298. The van der Waals surface area contributed by atoms with Gasteiger partial charge >= 0.3 is 0 Å². The summed E-state index contributed by atoms with van der Waals surface area (Å²) in [5.41, 5.74) is 1.72. The third-order valence-electron chi connectivity index (χ3n) is 3.48. The number of imidazole rings is 1. The van der Waals surface area contributed by atoms with Gasteiger partial charge in [-0.2, -0.15) is 14.9 Å². The Morgan fingerprint density at radius 2 is 2.04 bits per heavy atom. The van der Waals surface area contributed by atoms with Crippen molar-refractivity contribution in [2.75, 3.05) is 14.2 Å². The maximum absolute atomic E-state index is 9.57. The average Bonchev–Trinajstić information content (AvgIpc) is 3.11. The number of aromatic nitrogens is 3. The van der Waals surface area contributed by atoms with E-state index in [1.54, 1.807) is 24.8 Å². The van der Waals surface area contributed by atoms with Crippen LogP contribution in [-0.4, -0.2) is 28.8 Å². The predicted molar refractivity (Wildman–Crippen MR) is 88.2 cm³/mol. The zero-order valence-corrected chi connectivity index (χ0v) is 14.1. The van der Waals surface area contributed by atoms with Crippen LogP contribution in [0.1, 0.15) is 30.5 Å². The first-order valence-corrected chi connectivity index (χ1v) is 7.92. The smallest absolute Gasteiger partial charge is 0.214 e. The van der Waals surface area contributed by atoms with Crippen LogP contribution in [0.4, 0.5) is 0 Å². The fourth-order valence-corrected chi connectivity index (χ4v) is 3.18. The molecule has 3 rings (SSSR count). The summed E-state index contributed by atoms with van der Waals surface area (Å²) >= 11 is 1.50. The summed E-state index contributed by atoms with van der Waals surface area (Å²) in [5.74, 6) is 1.59. The van der Waals surface area contributed by atoms with E-state index >= 15 is 0 Å². The second kappa shape index (κ2) is 5.89. The van der Waals surface area contributed by atoms with E-state index in [9.17, 15) is 5.26 Å². The molecule has 7 heteroatoms. The molecule has 0 atom stereocenters. The van der Waals surface area contributed by atoms with Crippen molar-refractivity contribution >= 4 is 16.3 Å². The normalized spacial score (nSPS) is 11.0. The molecule has 0 unspecified atom stereocenters. The Morgan fingerprint density at radius 3 is 2.65 bits per heavy atom. The molecule has 0 fully saturated rings. The Labute approximate surface area is 137 Å². The molecule has 0 N–H and O–H groups in total. The van der Waals surface area contributed by atoms with Gasteiger partial charge in [-0.3, -0.25) is 0 Å². The van der Waals surface area contributed by atoms with Crippen LogP contribution in [0.2, 0.25) is 0 Å². The zero-order chi connectivity index (χ0) is 16.6. The molecule has 0 aliphatic rings. The monoisotopic (exact) mass is 328 g/mol. The van der Waals surface area contributed by atoms with E-state index in [4.69, 9.17) is 9.47 Å². The molecular formula is C16H16N4O2S. The van der Waals surface area contributed by atoms with Crippen molar-refractivity contribution in [1.29, 1.82) is 5.26 Å². The van der Waals surface area contributed by atoms with Gasteiger partial charge in [0.15, 0.2) is 5.69 Å². The molecule has 0 bridgehead atoms. The number of rotatable bonds is 4. The van der Waals surface area contributed by atoms with Gasteiger partial charge in [-0.1, -0.05) is 25.2 Å². The maximum Gasteiger partial charge on any atom is 0.214 e. The van der Waals surface area contributed by atoms with E-state index in [1.165, 1.54) is 11.3 Å². The third kappa shape index (κ3) is 2.51. The van der Waals surface area contributed by atoms with Gasteiger partial charge in [0, 0.05) is 17.5 Å². The third-order valence-corrected chi connectivity index (χ3v) is 4.69. The number of ether oxygens (including phenoxy) is 2. The molecule has 0 spiro atoms. The Balaban J connectivity index is 2.21. The van der Waals surface area contributed by atoms with Crippen LogP contribution in [0.3, 0.4) is 0 Å². The molecule has 0 saturated carbocycles. The van der Waals surface area contributed by atoms with Crippen molar-refractivity contribution in [2.24, 2.45) is 0 Å². The molecule has 23 heavy (non-hydrogen) atoms. The van der Waals surface area contributed by atoms with E-state index in [1.807, 2.05) is 12.1 Å². The van der Waals surface area contributed by atoms with Gasteiger partial charge in [0.2, 0.25) is 4.96 Å². The number of methoxy groups -OCH3 is 2. The molecular weight excluding hydrogens is 312 g/mol. The first-order valence-electron chi connectivity index (χ1n) is 7.11. The lowest BCUT2D eigenvalue weighted by Gasteiger charge is -2.08. The summed E-state index contributed by atoms with van der Waals surface area (Å²) in [4.78, 5) is 5.30. The highest BCUT2D eigenvalue weighted by Gasteiger charge is 2.21. The van der Waals surface area contributed by atoms with Gasteiger partial charge in [0.1, 0.15) is 28.3 Å². The van der Waals surface area contributed by atoms with Crippen LogP contribution in [0.15, 0.2) is 18.2 Å². The van der Waals surface area contributed by atoms with Crippen molar-refractivity contribution in [3.05, 3.63) is 28.9 Å². The van der Waals surface area contributed by atoms with Crippen molar-refractivity contribution < 1.29 is 9.47 Å².